The summed E-state index contributed by atoms with van der Waals surface area (Å²) in [5.74, 6) is 0.545. The molecule has 1 aromatic rings. The van der Waals surface area contributed by atoms with E-state index in [4.69, 9.17) is 0 Å². The van der Waals surface area contributed by atoms with Gasteiger partial charge < -0.3 is 5.32 Å². The van der Waals surface area contributed by atoms with Crippen LogP contribution in [0.2, 0.25) is 0 Å². The maximum Gasteiger partial charge on any atom is 0.143 e. The van der Waals surface area contributed by atoms with E-state index in [1.165, 1.54) is 0 Å². The first kappa shape index (κ1) is 10.4. The number of aromatic nitrogens is 2. The van der Waals surface area contributed by atoms with Gasteiger partial charge in [0, 0.05) is 31.6 Å². The number of carbonyl (C=O) groups excluding carboxylic acids is 1. The van der Waals surface area contributed by atoms with E-state index in [0.717, 1.165) is 30.9 Å². The number of nitrogens with zero attached hydrogens (tertiary/aromatic N) is 2. The fourth-order valence-electron chi connectivity index (χ4n) is 2.08. The molecule has 4 heteroatoms. The third-order valence-electron chi connectivity index (χ3n) is 2.97. The fourth-order valence-corrected chi connectivity index (χ4v) is 2.08. The second kappa shape index (κ2) is 4.14. The summed E-state index contributed by atoms with van der Waals surface area (Å²) in [5.41, 5.74) is 1.99. The number of rotatable bonds is 3. The molecule has 1 aliphatic heterocycles. The predicted octanol–water partition coefficient (Wildman–Crippen LogP) is 0.450. The molecule has 0 saturated carbocycles. The Labute approximate surface area is 89.7 Å². The highest BCUT2D eigenvalue weighted by atomic mass is 16.1. The minimum absolute atomic E-state index is 0.209. The van der Waals surface area contributed by atoms with Gasteiger partial charge in [-0.2, -0.15) is 5.10 Å². The first-order valence-corrected chi connectivity index (χ1v) is 5.40. The molecule has 0 amide bonds. The van der Waals surface area contributed by atoms with Crippen LogP contribution in [0.3, 0.4) is 0 Å². The van der Waals surface area contributed by atoms with Gasteiger partial charge in [0.15, 0.2) is 0 Å². The third-order valence-corrected chi connectivity index (χ3v) is 2.97. The van der Waals surface area contributed by atoms with Crippen molar-refractivity contribution in [2.75, 3.05) is 13.1 Å². The maximum atomic E-state index is 11.9. The zero-order valence-corrected chi connectivity index (χ0v) is 9.29. The Morgan fingerprint density at radius 3 is 3.07 bits per heavy atom. The Hall–Kier alpha value is -1.16. The summed E-state index contributed by atoms with van der Waals surface area (Å²) in [6.45, 7) is 3.77. The predicted molar refractivity (Wildman–Crippen MR) is 57.6 cm³/mol. The van der Waals surface area contributed by atoms with E-state index in [1.807, 2.05) is 20.0 Å². The first-order chi connectivity index (χ1) is 7.16. The summed E-state index contributed by atoms with van der Waals surface area (Å²) in [6.07, 6.45) is 1.50. The van der Waals surface area contributed by atoms with Gasteiger partial charge in [-0.1, -0.05) is 0 Å². The Kier molecular flexibility index (Phi) is 2.86. The van der Waals surface area contributed by atoms with Crippen LogP contribution >= 0.6 is 0 Å². The molecule has 1 fully saturated rings. The third kappa shape index (κ3) is 2.26. The van der Waals surface area contributed by atoms with E-state index in [2.05, 4.69) is 10.4 Å². The van der Waals surface area contributed by atoms with Crippen molar-refractivity contribution in [1.82, 2.24) is 15.1 Å². The second-order valence-corrected chi connectivity index (χ2v) is 4.23. The van der Waals surface area contributed by atoms with Crippen LogP contribution in [0.1, 0.15) is 17.8 Å². The lowest BCUT2D eigenvalue weighted by atomic mass is 9.99. The number of hydrogen-bond donors (Lipinski definition) is 1. The molecule has 0 radical (unpaired) electrons. The molecule has 2 heterocycles. The molecule has 1 unspecified atom stereocenters. The lowest BCUT2D eigenvalue weighted by molar-refractivity contribution is -0.121. The summed E-state index contributed by atoms with van der Waals surface area (Å²) in [5, 5.41) is 7.46. The molecule has 1 N–H and O–H groups in total. The summed E-state index contributed by atoms with van der Waals surface area (Å²) in [4.78, 5) is 11.9. The van der Waals surface area contributed by atoms with Crippen LogP contribution in [-0.4, -0.2) is 28.7 Å². The van der Waals surface area contributed by atoms with E-state index >= 15 is 0 Å². The van der Waals surface area contributed by atoms with Crippen molar-refractivity contribution in [3.8, 4) is 0 Å². The zero-order valence-electron chi connectivity index (χ0n) is 9.29. The van der Waals surface area contributed by atoms with Gasteiger partial charge in [0.2, 0.25) is 0 Å². The molecule has 15 heavy (non-hydrogen) atoms. The van der Waals surface area contributed by atoms with Gasteiger partial charge in [0.25, 0.3) is 0 Å². The van der Waals surface area contributed by atoms with Gasteiger partial charge >= 0.3 is 0 Å². The van der Waals surface area contributed by atoms with Gasteiger partial charge in [-0.05, 0) is 26.0 Å². The molecule has 0 spiro atoms. The average molecular weight is 207 g/mol. The molecule has 1 aliphatic rings. The topological polar surface area (TPSA) is 46.9 Å². The maximum absolute atomic E-state index is 11.9. The molecular formula is C11H17N3O. The number of Topliss-reactive ketones (excluding diaryl/α,β-unsaturated/α-hetero) is 1. The van der Waals surface area contributed by atoms with E-state index in [0.29, 0.717) is 12.2 Å². The molecule has 0 bridgehead atoms. The summed E-state index contributed by atoms with van der Waals surface area (Å²) in [7, 11) is 1.89. The van der Waals surface area contributed by atoms with Crippen LogP contribution in [0, 0.1) is 12.8 Å². The largest absolute Gasteiger partial charge is 0.316 e. The van der Waals surface area contributed by atoms with E-state index in [-0.39, 0.29) is 5.92 Å². The molecule has 0 aliphatic carbocycles. The molecule has 0 aromatic carbocycles. The van der Waals surface area contributed by atoms with Gasteiger partial charge in [-0.3, -0.25) is 9.48 Å². The molecule has 2 rings (SSSR count). The van der Waals surface area contributed by atoms with Crippen molar-refractivity contribution in [3.63, 3.8) is 0 Å². The van der Waals surface area contributed by atoms with Gasteiger partial charge in [0.05, 0.1) is 5.69 Å². The summed E-state index contributed by atoms with van der Waals surface area (Å²) in [6, 6.07) is 1.99. The van der Waals surface area contributed by atoms with Crippen LogP contribution in [0.25, 0.3) is 0 Å². The Morgan fingerprint density at radius 2 is 2.53 bits per heavy atom. The number of aryl methyl sites for hydroxylation is 2. The van der Waals surface area contributed by atoms with Crippen molar-refractivity contribution in [3.05, 3.63) is 17.5 Å². The number of ketones is 1. The number of hydrogen-bond acceptors (Lipinski definition) is 3. The molecule has 82 valence electrons. The molecule has 1 aromatic heterocycles. The number of carbonyl (C=O) groups is 1. The second-order valence-electron chi connectivity index (χ2n) is 4.23. The molecular weight excluding hydrogens is 190 g/mol. The summed E-state index contributed by atoms with van der Waals surface area (Å²) >= 11 is 0. The van der Waals surface area contributed by atoms with Crippen LogP contribution < -0.4 is 5.32 Å². The van der Waals surface area contributed by atoms with E-state index in [9.17, 15) is 4.79 Å². The van der Waals surface area contributed by atoms with Crippen molar-refractivity contribution >= 4 is 5.78 Å². The van der Waals surface area contributed by atoms with E-state index < -0.39 is 0 Å². The quantitative estimate of drug-likeness (QED) is 0.782. The van der Waals surface area contributed by atoms with Crippen LogP contribution in [0.4, 0.5) is 0 Å². The first-order valence-electron chi connectivity index (χ1n) is 5.40. The standard InChI is InChI=1S/C11H17N3O/c1-8-5-10(14(2)13-8)6-11(15)9-3-4-12-7-9/h5,9,12H,3-4,6-7H2,1-2H3. The van der Waals surface area contributed by atoms with E-state index in [1.54, 1.807) is 4.68 Å². The lowest BCUT2D eigenvalue weighted by Crippen LogP contribution is -2.20. The monoisotopic (exact) mass is 207 g/mol. The zero-order chi connectivity index (χ0) is 10.8. The normalized spacial score (nSPS) is 20.8. The van der Waals surface area contributed by atoms with Crippen molar-refractivity contribution in [1.29, 1.82) is 0 Å². The highest BCUT2D eigenvalue weighted by Gasteiger charge is 2.23. The molecule has 1 saturated heterocycles. The molecule has 4 nitrogen and oxygen atoms in total. The number of nitrogens with one attached hydrogen (secondary N) is 1. The van der Waals surface area contributed by atoms with Crippen LogP contribution in [-0.2, 0) is 18.3 Å². The van der Waals surface area contributed by atoms with Gasteiger partial charge in [-0.15, -0.1) is 0 Å². The summed E-state index contributed by atoms with van der Waals surface area (Å²) < 4.78 is 1.80. The van der Waals surface area contributed by atoms with Crippen LogP contribution in [0.15, 0.2) is 6.07 Å². The van der Waals surface area contributed by atoms with Crippen molar-refractivity contribution in [2.24, 2.45) is 13.0 Å². The van der Waals surface area contributed by atoms with Crippen molar-refractivity contribution < 1.29 is 4.79 Å². The molecule has 1 atom stereocenters. The van der Waals surface area contributed by atoms with Gasteiger partial charge in [-0.25, -0.2) is 0 Å². The minimum atomic E-state index is 0.209. The Balaban J connectivity index is 2.01. The average Bonchev–Trinajstić information content (AvgIpc) is 2.76. The minimum Gasteiger partial charge on any atom is -0.316 e. The van der Waals surface area contributed by atoms with Gasteiger partial charge in [0.1, 0.15) is 5.78 Å². The van der Waals surface area contributed by atoms with Crippen molar-refractivity contribution in [2.45, 2.75) is 19.8 Å². The van der Waals surface area contributed by atoms with Crippen LogP contribution in [0.5, 0.6) is 0 Å². The Bertz CT molecular complexity index is 364. The smallest absolute Gasteiger partial charge is 0.143 e. The lowest BCUT2D eigenvalue weighted by Gasteiger charge is -2.06. The highest BCUT2D eigenvalue weighted by Crippen LogP contribution is 2.13. The SMILES string of the molecule is Cc1cc(CC(=O)C2CCNC2)n(C)n1. The Morgan fingerprint density at radius 1 is 1.73 bits per heavy atom. The highest BCUT2D eigenvalue weighted by molar-refractivity contribution is 5.83. The fraction of sp³-hybridized carbons (Fsp3) is 0.636.